The molecule has 114 valence electrons. The number of thiol groups is 1. The molecular weight excluding hydrogens is 275 g/mol. The first-order valence-electron chi connectivity index (χ1n) is 6.14. The lowest BCUT2D eigenvalue weighted by Crippen LogP contribution is -2.30. The molecule has 0 bridgehead atoms. The van der Waals surface area contributed by atoms with Crippen LogP contribution >= 0.6 is 12.6 Å². The fraction of sp³-hybridized carbons (Fsp3) is 0.909. The summed E-state index contributed by atoms with van der Waals surface area (Å²) in [6.45, 7) is 3.82. The number of hydrogen-bond donors (Lipinski definition) is 3. The van der Waals surface area contributed by atoms with Crippen LogP contribution in [0.3, 0.4) is 0 Å². The van der Waals surface area contributed by atoms with Crippen molar-refractivity contribution in [2.24, 2.45) is 5.73 Å². The lowest BCUT2D eigenvalue weighted by Gasteiger charge is -2.15. The van der Waals surface area contributed by atoms with Crippen molar-refractivity contribution in [1.29, 1.82) is 0 Å². The van der Waals surface area contributed by atoms with Gasteiger partial charge in [-0.2, -0.15) is 0 Å². The molecule has 6 nitrogen and oxygen atoms in total. The molecule has 8 heteroatoms. The molecule has 0 fully saturated rings. The first-order chi connectivity index (χ1) is 9.06. The van der Waals surface area contributed by atoms with Gasteiger partial charge in [0.1, 0.15) is 6.17 Å². The number of nitrogens with one attached hydrogen (secondary N) is 1. The number of amides is 1. The van der Waals surface area contributed by atoms with Crippen molar-refractivity contribution in [3.8, 4) is 0 Å². The first kappa shape index (κ1) is 18.6. The largest absolute Gasteiger partial charge is 0.378 e. The minimum absolute atomic E-state index is 0.0918. The van der Waals surface area contributed by atoms with Crippen molar-refractivity contribution >= 4 is 17.9 Å². The molecule has 3 N–H and O–H groups in total. The minimum atomic E-state index is -1.25. The van der Waals surface area contributed by atoms with E-state index in [1.807, 2.05) is 6.92 Å². The third-order valence-corrected chi connectivity index (χ3v) is 2.18. The average Bonchev–Trinajstić information content (AvgIpc) is 2.36. The van der Waals surface area contributed by atoms with Crippen LogP contribution < -0.4 is 11.1 Å². The Labute approximate surface area is 118 Å². The fourth-order valence-electron chi connectivity index (χ4n) is 1.16. The summed E-state index contributed by atoms with van der Waals surface area (Å²) in [4.78, 5) is 10.4. The van der Waals surface area contributed by atoms with Crippen LogP contribution in [0.5, 0.6) is 0 Å². The summed E-state index contributed by atoms with van der Waals surface area (Å²) in [7, 11) is 0. The van der Waals surface area contributed by atoms with Gasteiger partial charge in [0.15, 0.2) is 0 Å². The highest BCUT2D eigenvalue weighted by Crippen LogP contribution is 1.96. The van der Waals surface area contributed by atoms with Crippen LogP contribution in [-0.4, -0.2) is 63.6 Å². The molecular formula is C11H23FN2O4S. The van der Waals surface area contributed by atoms with E-state index in [1.165, 1.54) is 0 Å². The number of rotatable bonds is 12. The summed E-state index contributed by atoms with van der Waals surface area (Å²) < 4.78 is 28.8. The van der Waals surface area contributed by atoms with Gasteiger partial charge in [-0.15, -0.1) is 0 Å². The maximum Gasteiger partial charge on any atom is 0.276 e. The molecule has 0 spiro atoms. The summed E-state index contributed by atoms with van der Waals surface area (Å²) in [5.74, 6) is 0. The molecule has 0 aromatic heterocycles. The van der Waals surface area contributed by atoms with Crippen LogP contribution in [0.1, 0.15) is 6.92 Å². The minimum Gasteiger partial charge on any atom is -0.378 e. The van der Waals surface area contributed by atoms with Crippen LogP contribution in [0.4, 0.5) is 9.18 Å². The summed E-state index contributed by atoms with van der Waals surface area (Å²) in [5.41, 5.74) is 5.26. The average molecular weight is 298 g/mol. The van der Waals surface area contributed by atoms with Gasteiger partial charge < -0.3 is 25.3 Å². The van der Waals surface area contributed by atoms with Crippen LogP contribution in [0.15, 0.2) is 0 Å². The predicted octanol–water partition coefficient (Wildman–Crippen LogP) is 0.361. The van der Waals surface area contributed by atoms with Gasteiger partial charge in [0.25, 0.3) is 5.24 Å². The number of halogens is 1. The van der Waals surface area contributed by atoms with Crippen molar-refractivity contribution < 1.29 is 23.4 Å². The molecule has 0 aliphatic rings. The molecule has 0 aromatic carbocycles. The van der Waals surface area contributed by atoms with Crippen LogP contribution in [0.2, 0.25) is 0 Å². The van der Waals surface area contributed by atoms with Crippen molar-refractivity contribution in [2.45, 2.75) is 19.2 Å². The number of hydrogen-bond acceptors (Lipinski definition) is 5. The molecule has 0 aliphatic heterocycles. The van der Waals surface area contributed by atoms with Gasteiger partial charge >= 0.3 is 0 Å². The fourth-order valence-corrected chi connectivity index (χ4v) is 1.25. The Morgan fingerprint density at radius 2 is 2.05 bits per heavy atom. The van der Waals surface area contributed by atoms with Gasteiger partial charge in [0, 0.05) is 6.54 Å². The van der Waals surface area contributed by atoms with Gasteiger partial charge in [-0.05, 0) is 6.92 Å². The van der Waals surface area contributed by atoms with E-state index in [2.05, 4.69) is 17.9 Å². The quantitative estimate of drug-likeness (QED) is 0.358. The number of carbonyl (C=O) groups excluding carboxylic acids is 1. The Hall–Kier alpha value is -0.410. The lowest BCUT2D eigenvalue weighted by molar-refractivity contribution is -0.0367. The third kappa shape index (κ3) is 13.8. The van der Waals surface area contributed by atoms with E-state index < -0.39 is 11.4 Å². The molecule has 19 heavy (non-hydrogen) atoms. The van der Waals surface area contributed by atoms with Crippen LogP contribution in [0.25, 0.3) is 0 Å². The summed E-state index contributed by atoms with van der Waals surface area (Å²) in [6.07, 6.45) is -1.40. The van der Waals surface area contributed by atoms with E-state index in [4.69, 9.17) is 19.9 Å². The predicted molar refractivity (Wildman–Crippen MR) is 73.4 cm³/mol. The number of nitrogens with two attached hydrogens (primary N) is 1. The highest BCUT2D eigenvalue weighted by molar-refractivity contribution is 7.96. The second-order valence-corrected chi connectivity index (χ2v) is 4.31. The van der Waals surface area contributed by atoms with E-state index in [1.54, 1.807) is 0 Å². The second-order valence-electron chi connectivity index (χ2n) is 3.90. The van der Waals surface area contributed by atoms with Crippen molar-refractivity contribution in [1.82, 2.24) is 5.32 Å². The normalized spacial score (nSPS) is 14.1. The molecule has 1 amide bonds. The zero-order valence-corrected chi connectivity index (χ0v) is 12.0. The lowest BCUT2D eigenvalue weighted by atomic mass is 10.4. The number of ether oxygens (including phenoxy) is 3. The van der Waals surface area contributed by atoms with Crippen molar-refractivity contribution in [3.05, 3.63) is 0 Å². The van der Waals surface area contributed by atoms with Crippen LogP contribution in [-0.2, 0) is 14.2 Å². The third-order valence-electron chi connectivity index (χ3n) is 2.02. The van der Waals surface area contributed by atoms with E-state index >= 15 is 0 Å². The molecule has 0 rings (SSSR count). The standard InChI is InChI=1S/C11H23FN2O4S/c1-9(18-5-4-16-3-2-13)7-17-8-10(12)6-14-11(15)19/h9-10H,2-8,13H2,1H3,(H2,14,15,19). The Kier molecular flexibility index (Phi) is 12.3. The van der Waals surface area contributed by atoms with E-state index in [0.717, 1.165) is 0 Å². The summed E-state index contributed by atoms with van der Waals surface area (Å²) in [6, 6.07) is 0. The zero-order valence-electron chi connectivity index (χ0n) is 11.1. The summed E-state index contributed by atoms with van der Waals surface area (Å²) in [5, 5.41) is 1.69. The first-order valence-corrected chi connectivity index (χ1v) is 6.59. The molecule has 2 unspecified atom stereocenters. The Balaban J connectivity index is 3.36. The summed E-state index contributed by atoms with van der Waals surface area (Å²) >= 11 is 3.46. The Morgan fingerprint density at radius 1 is 1.32 bits per heavy atom. The molecule has 0 aliphatic carbocycles. The van der Waals surface area contributed by atoms with E-state index in [9.17, 15) is 9.18 Å². The van der Waals surface area contributed by atoms with Crippen LogP contribution in [0, 0.1) is 0 Å². The van der Waals surface area contributed by atoms with Gasteiger partial charge in [-0.3, -0.25) is 4.79 Å². The Morgan fingerprint density at radius 3 is 2.68 bits per heavy atom. The zero-order chi connectivity index (χ0) is 14.5. The maximum absolute atomic E-state index is 13.2. The molecule has 0 heterocycles. The monoisotopic (exact) mass is 298 g/mol. The smallest absolute Gasteiger partial charge is 0.276 e. The topological polar surface area (TPSA) is 82.8 Å². The molecule has 0 radical (unpaired) electrons. The van der Waals surface area contributed by atoms with E-state index in [0.29, 0.717) is 26.4 Å². The van der Waals surface area contributed by atoms with Crippen molar-refractivity contribution in [3.63, 3.8) is 0 Å². The Bertz CT molecular complexity index is 237. The molecule has 0 saturated heterocycles. The molecule has 2 atom stereocenters. The van der Waals surface area contributed by atoms with Gasteiger partial charge in [-0.1, -0.05) is 12.6 Å². The van der Waals surface area contributed by atoms with Gasteiger partial charge in [-0.25, -0.2) is 4.39 Å². The highest BCUT2D eigenvalue weighted by atomic mass is 32.1. The van der Waals surface area contributed by atoms with Gasteiger partial charge in [0.05, 0.1) is 45.7 Å². The van der Waals surface area contributed by atoms with Gasteiger partial charge in [0.2, 0.25) is 0 Å². The second kappa shape index (κ2) is 12.6. The maximum atomic E-state index is 13.2. The SMILES string of the molecule is CC(COCC(F)CNC(=O)S)OCCOCCN. The molecule has 0 saturated carbocycles. The van der Waals surface area contributed by atoms with E-state index in [-0.39, 0.29) is 25.9 Å². The van der Waals surface area contributed by atoms with Crippen molar-refractivity contribution in [2.75, 3.05) is 46.1 Å². The molecule has 0 aromatic rings. The highest BCUT2D eigenvalue weighted by Gasteiger charge is 2.09. The number of carbonyl (C=O) groups is 1. The number of alkyl halides is 1.